The number of carbonyl (C=O) groups is 1. The average Bonchev–Trinajstić information content (AvgIpc) is 2.52. The molecule has 0 aromatic carbocycles. The Balaban J connectivity index is 2.72. The first-order valence-corrected chi connectivity index (χ1v) is 6.91. The molecule has 1 atom stereocenters. The van der Waals surface area contributed by atoms with Crippen molar-refractivity contribution in [1.29, 1.82) is 0 Å². The zero-order chi connectivity index (χ0) is 17.4. The van der Waals surface area contributed by atoms with Crippen LogP contribution in [-0.2, 0) is 0 Å². The number of rotatable bonds is 7. The van der Waals surface area contributed by atoms with E-state index in [1.807, 2.05) is 0 Å². The Kier molecular flexibility index (Phi) is 6.66. The Hall–Kier alpha value is -2.97. The molecule has 9 nitrogen and oxygen atoms in total. The maximum Gasteiger partial charge on any atom is 0.253 e. The minimum absolute atomic E-state index is 0.0782. The molecule has 0 saturated heterocycles. The van der Waals surface area contributed by atoms with Gasteiger partial charge in [-0.1, -0.05) is 12.1 Å². The Morgan fingerprint density at radius 3 is 2.78 bits per heavy atom. The van der Waals surface area contributed by atoms with Crippen LogP contribution < -0.4 is 11.1 Å². The zero-order valence-corrected chi connectivity index (χ0v) is 12.9. The van der Waals surface area contributed by atoms with Gasteiger partial charge < -0.3 is 16.3 Å². The summed E-state index contributed by atoms with van der Waals surface area (Å²) in [6.45, 7) is 3.19. The van der Waals surface area contributed by atoms with E-state index in [-0.39, 0.29) is 12.3 Å². The number of nitrogen functional groups attached to an aromatic ring is 1. The molecule has 0 aliphatic carbocycles. The van der Waals surface area contributed by atoms with Crippen LogP contribution in [0.5, 0.6) is 0 Å². The average molecular weight is 321 g/mol. The topological polar surface area (TPSA) is 144 Å². The van der Waals surface area contributed by atoms with Crippen molar-refractivity contribution in [1.82, 2.24) is 10.3 Å². The fraction of sp³-hybridized carbons (Fsp3) is 0.357. The number of nitro groups is 1. The summed E-state index contributed by atoms with van der Waals surface area (Å²) in [5, 5.41) is 25.5. The number of pyridine rings is 1. The number of nitrogens with one attached hydrogen (secondary N) is 1. The molecule has 1 amide bonds. The molecule has 23 heavy (non-hydrogen) atoms. The summed E-state index contributed by atoms with van der Waals surface area (Å²) >= 11 is 0. The van der Waals surface area contributed by atoms with Gasteiger partial charge in [0.25, 0.3) is 5.91 Å². The molecule has 0 fully saturated rings. The Bertz CT molecular complexity index is 625. The van der Waals surface area contributed by atoms with E-state index in [0.29, 0.717) is 23.4 Å². The van der Waals surface area contributed by atoms with Crippen LogP contribution in [0, 0.1) is 10.1 Å². The molecule has 0 spiro atoms. The highest BCUT2D eigenvalue weighted by atomic mass is 16.6. The van der Waals surface area contributed by atoms with Gasteiger partial charge >= 0.3 is 0 Å². The molecule has 1 unspecified atom stereocenters. The first kappa shape index (κ1) is 18.1. The maximum atomic E-state index is 11.9. The van der Waals surface area contributed by atoms with Gasteiger partial charge in [0, 0.05) is 23.1 Å². The minimum atomic E-state index is -0.858. The first-order chi connectivity index (χ1) is 10.9. The largest absolute Gasteiger partial charge is 0.411 e. The highest BCUT2D eigenvalue weighted by molar-refractivity contribution is 6.01. The van der Waals surface area contributed by atoms with Crippen molar-refractivity contribution in [2.24, 2.45) is 5.16 Å². The van der Waals surface area contributed by atoms with Gasteiger partial charge in [-0.15, -0.1) is 0 Å². The summed E-state index contributed by atoms with van der Waals surface area (Å²) in [5.41, 5.74) is 6.28. The van der Waals surface area contributed by atoms with E-state index in [2.05, 4.69) is 15.5 Å². The number of oxime groups is 1. The monoisotopic (exact) mass is 321 g/mol. The fourth-order valence-electron chi connectivity index (χ4n) is 1.92. The summed E-state index contributed by atoms with van der Waals surface area (Å²) < 4.78 is 0. The lowest BCUT2D eigenvalue weighted by molar-refractivity contribution is -0.512. The summed E-state index contributed by atoms with van der Waals surface area (Å²) in [4.78, 5) is 26.2. The van der Waals surface area contributed by atoms with Gasteiger partial charge in [-0.25, -0.2) is 4.98 Å². The summed E-state index contributed by atoms with van der Waals surface area (Å²) in [6.07, 6.45) is 3.03. The van der Waals surface area contributed by atoms with Crippen molar-refractivity contribution >= 4 is 17.4 Å². The van der Waals surface area contributed by atoms with E-state index >= 15 is 0 Å². The lowest BCUT2D eigenvalue weighted by Crippen LogP contribution is -2.29. The number of carbonyl (C=O) groups excluding carboxylic acids is 1. The van der Waals surface area contributed by atoms with Crippen LogP contribution in [0.2, 0.25) is 0 Å². The standard InChI is InChI=1S/C14H19N5O4/c1-3-12(19(22)23)9(2)6-11(18-21)8-17-14(20)10-4-5-13(15)16-7-10/h4-7,12,21H,3,8H2,1-2H3,(H2,15,16)(H,17,20). The SMILES string of the molecule is CCC(C(C)=CC(CNC(=O)c1ccc(N)nc1)=NO)[N+](=O)[O-]. The molecule has 0 saturated carbocycles. The van der Waals surface area contributed by atoms with Gasteiger partial charge in [0.2, 0.25) is 6.04 Å². The number of nitrogens with two attached hydrogens (primary N) is 1. The van der Waals surface area contributed by atoms with Crippen molar-refractivity contribution in [3.63, 3.8) is 0 Å². The van der Waals surface area contributed by atoms with E-state index in [9.17, 15) is 14.9 Å². The van der Waals surface area contributed by atoms with Crippen molar-refractivity contribution in [2.75, 3.05) is 12.3 Å². The Labute approximate surface area is 133 Å². The van der Waals surface area contributed by atoms with E-state index in [1.54, 1.807) is 13.8 Å². The van der Waals surface area contributed by atoms with E-state index < -0.39 is 16.9 Å². The van der Waals surface area contributed by atoms with Crippen molar-refractivity contribution in [2.45, 2.75) is 26.3 Å². The third kappa shape index (κ3) is 5.38. The van der Waals surface area contributed by atoms with Crippen molar-refractivity contribution < 1.29 is 14.9 Å². The molecule has 0 aliphatic rings. The second kappa shape index (κ2) is 8.47. The van der Waals surface area contributed by atoms with Gasteiger partial charge in [0.15, 0.2) is 0 Å². The normalized spacial score (nSPS) is 13.5. The number of aromatic nitrogens is 1. The molecule has 1 rings (SSSR count). The molecule has 1 aromatic heterocycles. The predicted molar refractivity (Wildman–Crippen MR) is 85.0 cm³/mol. The lowest BCUT2D eigenvalue weighted by atomic mass is 10.1. The van der Waals surface area contributed by atoms with Crippen LogP contribution >= 0.6 is 0 Å². The van der Waals surface area contributed by atoms with Crippen LogP contribution in [0.1, 0.15) is 30.6 Å². The van der Waals surface area contributed by atoms with Gasteiger partial charge in [0.1, 0.15) is 5.82 Å². The molecular weight excluding hydrogens is 302 g/mol. The van der Waals surface area contributed by atoms with Gasteiger partial charge in [-0.3, -0.25) is 14.9 Å². The number of nitrogens with zero attached hydrogens (tertiary/aromatic N) is 3. The van der Waals surface area contributed by atoms with Crippen LogP contribution in [-0.4, -0.2) is 39.3 Å². The smallest absolute Gasteiger partial charge is 0.253 e. The summed E-state index contributed by atoms with van der Waals surface area (Å²) in [7, 11) is 0. The van der Waals surface area contributed by atoms with E-state index in [0.717, 1.165) is 0 Å². The highest BCUT2D eigenvalue weighted by Crippen LogP contribution is 2.09. The predicted octanol–water partition coefficient (Wildman–Crippen LogP) is 1.23. The summed E-state index contributed by atoms with van der Waals surface area (Å²) in [5.74, 6) is -0.130. The van der Waals surface area contributed by atoms with Crippen LogP contribution in [0.25, 0.3) is 0 Å². The Morgan fingerprint density at radius 2 is 2.30 bits per heavy atom. The number of amides is 1. The number of hydrogen-bond acceptors (Lipinski definition) is 7. The second-order valence-electron chi connectivity index (χ2n) is 4.84. The van der Waals surface area contributed by atoms with E-state index in [1.165, 1.54) is 24.4 Å². The van der Waals surface area contributed by atoms with Gasteiger partial charge in [-0.2, -0.15) is 0 Å². The molecule has 9 heteroatoms. The lowest BCUT2D eigenvalue weighted by Gasteiger charge is -2.09. The molecular formula is C14H19N5O4. The van der Waals surface area contributed by atoms with Crippen LogP contribution in [0.3, 0.4) is 0 Å². The number of anilines is 1. The number of hydrogen-bond donors (Lipinski definition) is 3. The molecule has 4 N–H and O–H groups in total. The highest BCUT2D eigenvalue weighted by Gasteiger charge is 2.20. The summed E-state index contributed by atoms with van der Waals surface area (Å²) in [6, 6.07) is 2.14. The molecule has 1 heterocycles. The van der Waals surface area contributed by atoms with E-state index in [4.69, 9.17) is 10.9 Å². The van der Waals surface area contributed by atoms with Gasteiger partial charge in [-0.05, 0) is 25.1 Å². The molecule has 124 valence electrons. The first-order valence-electron chi connectivity index (χ1n) is 6.91. The minimum Gasteiger partial charge on any atom is -0.411 e. The van der Waals surface area contributed by atoms with Crippen molar-refractivity contribution in [3.05, 3.63) is 45.7 Å². The third-order valence-electron chi connectivity index (χ3n) is 3.17. The molecule has 0 bridgehead atoms. The molecule has 0 aliphatic heterocycles. The quantitative estimate of drug-likeness (QED) is 0.298. The second-order valence-corrected chi connectivity index (χ2v) is 4.84. The van der Waals surface area contributed by atoms with Crippen LogP contribution in [0.4, 0.5) is 5.82 Å². The van der Waals surface area contributed by atoms with Gasteiger partial charge in [0.05, 0.1) is 17.8 Å². The Morgan fingerprint density at radius 1 is 1.61 bits per heavy atom. The third-order valence-corrected chi connectivity index (χ3v) is 3.17. The molecule has 0 radical (unpaired) electrons. The molecule has 1 aromatic rings. The maximum absolute atomic E-state index is 11.9. The fourth-order valence-corrected chi connectivity index (χ4v) is 1.92. The zero-order valence-electron chi connectivity index (χ0n) is 12.9. The van der Waals surface area contributed by atoms with Crippen LogP contribution in [0.15, 0.2) is 35.1 Å². The van der Waals surface area contributed by atoms with Crippen molar-refractivity contribution in [3.8, 4) is 0 Å².